The molecule has 0 aliphatic carbocycles. The minimum atomic E-state index is -0.805. The van der Waals surface area contributed by atoms with Gasteiger partial charge in [-0.25, -0.2) is 14.2 Å². The summed E-state index contributed by atoms with van der Waals surface area (Å²) in [4.78, 5) is 49.1. The van der Waals surface area contributed by atoms with Crippen LogP contribution in [-0.4, -0.2) is 25.7 Å². The van der Waals surface area contributed by atoms with Gasteiger partial charge in [0.2, 0.25) is 11.8 Å². The van der Waals surface area contributed by atoms with Crippen LogP contribution in [-0.2, 0) is 5.54 Å². The Hall–Kier alpha value is -1.92. The van der Waals surface area contributed by atoms with Gasteiger partial charge in [0.25, 0.3) is 0 Å². The summed E-state index contributed by atoms with van der Waals surface area (Å²) in [5.41, 5.74) is -2.31. The van der Waals surface area contributed by atoms with Crippen molar-refractivity contribution in [3.05, 3.63) is 21.0 Å². The van der Waals surface area contributed by atoms with E-state index in [0.29, 0.717) is 22.2 Å². The number of hydrogen-bond acceptors (Lipinski definition) is 4. The number of nitrogens with zero attached hydrogens (tertiary/aromatic N) is 3. The molecule has 118 valence electrons. The molecule has 0 aromatic carbocycles. The fourth-order valence-electron chi connectivity index (χ4n) is 2.09. The summed E-state index contributed by atoms with van der Waals surface area (Å²) in [5.74, 6) is -1.07. The summed E-state index contributed by atoms with van der Waals surface area (Å²) in [7, 11) is 0. The predicted octanol–water partition coefficient (Wildman–Crippen LogP) is 1.45. The monoisotopic (exact) mass is 297 g/mol. The second-order valence-corrected chi connectivity index (χ2v) is 5.98. The molecule has 0 aliphatic heterocycles. The highest BCUT2D eigenvalue weighted by atomic mass is 16.2. The van der Waals surface area contributed by atoms with Crippen LogP contribution in [0.3, 0.4) is 0 Å². The van der Waals surface area contributed by atoms with Crippen LogP contribution in [0.2, 0.25) is 0 Å². The Morgan fingerprint density at radius 1 is 0.857 bits per heavy atom. The van der Waals surface area contributed by atoms with Gasteiger partial charge in [-0.05, 0) is 33.6 Å². The van der Waals surface area contributed by atoms with Crippen LogP contribution >= 0.6 is 0 Å². The Balaban J connectivity index is 3.68. The van der Waals surface area contributed by atoms with Crippen LogP contribution in [0.15, 0.2) is 9.59 Å². The van der Waals surface area contributed by atoms with Gasteiger partial charge < -0.3 is 0 Å². The molecular weight excluding hydrogens is 274 g/mol. The fraction of sp³-hybridized carbons (Fsp3) is 0.714. The molecule has 0 saturated heterocycles. The molecule has 1 aromatic heterocycles. The second kappa shape index (κ2) is 6.24. The van der Waals surface area contributed by atoms with E-state index in [9.17, 15) is 19.2 Å². The minimum Gasteiger partial charge on any atom is -0.272 e. The average Bonchev–Trinajstić information content (AvgIpc) is 2.60. The Morgan fingerprint density at radius 2 is 1.19 bits per heavy atom. The second-order valence-electron chi connectivity index (χ2n) is 5.98. The number of aromatic nitrogens is 3. The zero-order chi connectivity index (χ0) is 16.4. The summed E-state index contributed by atoms with van der Waals surface area (Å²) in [6, 6.07) is 0. The Bertz CT molecular complexity index is 606. The molecule has 0 aliphatic rings. The fourth-order valence-corrected chi connectivity index (χ4v) is 2.09. The van der Waals surface area contributed by atoms with Gasteiger partial charge in [0.1, 0.15) is 0 Å². The molecule has 0 atom stereocenters. The van der Waals surface area contributed by atoms with Gasteiger partial charge in [-0.1, -0.05) is 13.8 Å². The van der Waals surface area contributed by atoms with Crippen LogP contribution < -0.4 is 11.4 Å². The van der Waals surface area contributed by atoms with Gasteiger partial charge in [0, 0.05) is 18.4 Å². The highest BCUT2D eigenvalue weighted by Gasteiger charge is 2.29. The van der Waals surface area contributed by atoms with Crippen LogP contribution in [0.25, 0.3) is 0 Å². The Kier molecular flexibility index (Phi) is 5.09. The minimum absolute atomic E-state index is 0.104. The van der Waals surface area contributed by atoms with E-state index in [1.807, 2.05) is 0 Å². The SMILES string of the molecule is CCCC(=O)n1c(=O)n(C(C)(C)C)c(=O)n1C(=O)CCC. The molecule has 21 heavy (non-hydrogen) atoms. The van der Waals surface area contributed by atoms with Crippen molar-refractivity contribution in [3.63, 3.8) is 0 Å². The zero-order valence-electron chi connectivity index (χ0n) is 13.3. The first-order chi connectivity index (χ1) is 9.66. The third kappa shape index (κ3) is 3.22. The largest absolute Gasteiger partial charge is 0.355 e. The quantitative estimate of drug-likeness (QED) is 0.842. The van der Waals surface area contributed by atoms with Crippen LogP contribution in [0.1, 0.15) is 69.9 Å². The van der Waals surface area contributed by atoms with Crippen LogP contribution in [0.4, 0.5) is 0 Å². The van der Waals surface area contributed by atoms with E-state index in [4.69, 9.17) is 0 Å². The molecular formula is C14H23N3O4. The molecule has 0 bridgehead atoms. The average molecular weight is 297 g/mol. The number of carbonyl (C=O) groups excluding carboxylic acids is 2. The van der Waals surface area contributed by atoms with Gasteiger partial charge >= 0.3 is 11.4 Å². The molecule has 0 saturated carbocycles. The van der Waals surface area contributed by atoms with Crippen molar-refractivity contribution in [1.29, 1.82) is 0 Å². The lowest BCUT2D eigenvalue weighted by Crippen LogP contribution is -2.41. The van der Waals surface area contributed by atoms with E-state index >= 15 is 0 Å². The maximum absolute atomic E-state index is 12.4. The van der Waals surface area contributed by atoms with Gasteiger partial charge in [0.15, 0.2) is 0 Å². The maximum Gasteiger partial charge on any atom is 0.355 e. The van der Waals surface area contributed by atoms with Gasteiger partial charge in [-0.2, -0.15) is 9.36 Å². The highest BCUT2D eigenvalue weighted by molar-refractivity contribution is 5.84. The first-order valence-corrected chi connectivity index (χ1v) is 7.20. The smallest absolute Gasteiger partial charge is 0.272 e. The van der Waals surface area contributed by atoms with Crippen molar-refractivity contribution >= 4 is 11.8 Å². The standard InChI is InChI=1S/C14H23N3O4/c1-6-8-10(18)16-12(20)15(14(3,4)5)13(21)17(16)11(19)9-7-2/h6-9H2,1-5H3. The van der Waals surface area contributed by atoms with Crippen molar-refractivity contribution in [2.75, 3.05) is 0 Å². The summed E-state index contributed by atoms with van der Waals surface area (Å²) < 4.78 is 2.33. The molecule has 1 heterocycles. The Labute approximate surface area is 123 Å². The lowest BCUT2D eigenvalue weighted by Gasteiger charge is -2.17. The van der Waals surface area contributed by atoms with Crippen molar-refractivity contribution < 1.29 is 9.59 Å². The van der Waals surface area contributed by atoms with Gasteiger partial charge in [0.05, 0.1) is 0 Å². The normalized spacial score (nSPS) is 11.7. The van der Waals surface area contributed by atoms with Crippen LogP contribution in [0, 0.1) is 0 Å². The summed E-state index contributed by atoms with van der Waals surface area (Å²) >= 11 is 0. The molecule has 1 aromatic rings. The summed E-state index contributed by atoms with van der Waals surface area (Å²) in [6.07, 6.45) is 1.27. The third-order valence-electron chi connectivity index (χ3n) is 3.02. The molecule has 7 heteroatoms. The van der Waals surface area contributed by atoms with Gasteiger partial charge in [-0.3, -0.25) is 9.59 Å². The highest BCUT2D eigenvalue weighted by Crippen LogP contribution is 2.08. The Morgan fingerprint density at radius 3 is 1.43 bits per heavy atom. The van der Waals surface area contributed by atoms with Crippen molar-refractivity contribution in [3.8, 4) is 0 Å². The van der Waals surface area contributed by atoms with Crippen molar-refractivity contribution in [1.82, 2.24) is 13.9 Å². The van der Waals surface area contributed by atoms with E-state index in [2.05, 4.69) is 0 Å². The van der Waals surface area contributed by atoms with Crippen molar-refractivity contribution in [2.45, 2.75) is 65.8 Å². The molecule has 1 rings (SSSR count). The van der Waals surface area contributed by atoms with E-state index in [1.54, 1.807) is 34.6 Å². The lowest BCUT2D eigenvalue weighted by atomic mass is 10.1. The predicted molar refractivity (Wildman–Crippen MR) is 79.0 cm³/mol. The first kappa shape index (κ1) is 17.1. The zero-order valence-corrected chi connectivity index (χ0v) is 13.3. The van der Waals surface area contributed by atoms with E-state index < -0.39 is 28.7 Å². The van der Waals surface area contributed by atoms with Crippen molar-refractivity contribution in [2.24, 2.45) is 0 Å². The lowest BCUT2D eigenvalue weighted by molar-refractivity contribution is 0.0775. The number of carbonyl (C=O) groups is 2. The van der Waals surface area contributed by atoms with E-state index in [-0.39, 0.29) is 12.8 Å². The third-order valence-corrected chi connectivity index (χ3v) is 3.02. The summed E-state index contributed by atoms with van der Waals surface area (Å²) in [5, 5.41) is 0. The van der Waals surface area contributed by atoms with E-state index in [1.165, 1.54) is 0 Å². The summed E-state index contributed by atoms with van der Waals surface area (Å²) in [6.45, 7) is 8.62. The first-order valence-electron chi connectivity index (χ1n) is 7.20. The molecule has 0 spiro atoms. The molecule has 0 amide bonds. The van der Waals surface area contributed by atoms with Crippen LogP contribution in [0.5, 0.6) is 0 Å². The number of hydrogen-bond donors (Lipinski definition) is 0. The molecule has 0 radical (unpaired) electrons. The molecule has 0 fully saturated rings. The molecule has 0 N–H and O–H groups in total. The van der Waals surface area contributed by atoms with Gasteiger partial charge in [-0.15, -0.1) is 0 Å². The van der Waals surface area contributed by atoms with E-state index in [0.717, 1.165) is 4.57 Å². The maximum atomic E-state index is 12.4. The molecule has 7 nitrogen and oxygen atoms in total. The number of rotatable bonds is 4. The molecule has 0 unspecified atom stereocenters. The topological polar surface area (TPSA) is 83.1 Å².